The second-order valence-electron chi connectivity index (χ2n) is 4.52. The van der Waals surface area contributed by atoms with Gasteiger partial charge < -0.3 is 5.32 Å². The van der Waals surface area contributed by atoms with E-state index in [1.807, 2.05) is 0 Å². The Morgan fingerprint density at radius 2 is 2.06 bits per heavy atom. The molecule has 0 aliphatic rings. The lowest BCUT2D eigenvalue weighted by molar-refractivity contribution is 0.482. The molecule has 1 aromatic heterocycles. The van der Waals surface area contributed by atoms with Crippen molar-refractivity contribution >= 4 is 11.3 Å². The molecule has 0 aliphatic carbocycles. The summed E-state index contributed by atoms with van der Waals surface area (Å²) in [7, 11) is 2.09. The molecule has 1 aromatic rings. The van der Waals surface area contributed by atoms with E-state index >= 15 is 0 Å². The summed E-state index contributed by atoms with van der Waals surface area (Å²) in [5, 5.41) is 7.87. The molecule has 1 nitrogen and oxygen atoms in total. The van der Waals surface area contributed by atoms with Gasteiger partial charge in [0.15, 0.2) is 0 Å². The van der Waals surface area contributed by atoms with E-state index < -0.39 is 0 Å². The summed E-state index contributed by atoms with van der Waals surface area (Å²) in [6, 6.07) is 2.91. The molecule has 0 saturated heterocycles. The molecular weight excluding hydrogens is 214 g/mol. The van der Waals surface area contributed by atoms with Crippen LogP contribution in [0.5, 0.6) is 0 Å². The molecule has 1 atom stereocenters. The van der Waals surface area contributed by atoms with E-state index in [1.54, 1.807) is 11.3 Å². The average molecular weight is 239 g/mol. The fourth-order valence-electron chi connectivity index (χ4n) is 2.04. The van der Waals surface area contributed by atoms with Crippen molar-refractivity contribution in [2.75, 3.05) is 7.05 Å². The summed E-state index contributed by atoms with van der Waals surface area (Å²) in [6.07, 6.45) is 9.42. The third-order valence-electron chi connectivity index (χ3n) is 3.13. The van der Waals surface area contributed by atoms with Gasteiger partial charge in [0.1, 0.15) is 0 Å². The van der Waals surface area contributed by atoms with Crippen LogP contribution in [0.15, 0.2) is 16.8 Å². The van der Waals surface area contributed by atoms with E-state index in [0.29, 0.717) is 6.04 Å². The maximum atomic E-state index is 3.44. The Balaban J connectivity index is 2.12. The third-order valence-corrected chi connectivity index (χ3v) is 3.86. The Kier molecular flexibility index (Phi) is 7.52. The summed E-state index contributed by atoms with van der Waals surface area (Å²) in [5.74, 6) is 0. The van der Waals surface area contributed by atoms with Gasteiger partial charge in [0.2, 0.25) is 0 Å². The summed E-state index contributed by atoms with van der Waals surface area (Å²) in [5.41, 5.74) is 1.48. The van der Waals surface area contributed by atoms with Gasteiger partial charge in [-0.3, -0.25) is 0 Å². The Hall–Kier alpha value is -0.340. The Morgan fingerprint density at radius 3 is 2.69 bits per heavy atom. The highest BCUT2D eigenvalue weighted by atomic mass is 32.1. The minimum absolute atomic E-state index is 0.663. The standard InChI is InChI=1S/C14H25NS/c1-3-4-5-6-7-8-14(15-2)11-13-9-10-16-12-13/h9-10,12,14-15H,3-8,11H2,1-2H3. The molecule has 0 saturated carbocycles. The van der Waals surface area contributed by atoms with Crippen molar-refractivity contribution in [1.29, 1.82) is 0 Å². The van der Waals surface area contributed by atoms with Crippen LogP contribution >= 0.6 is 11.3 Å². The molecule has 0 aromatic carbocycles. The first-order chi connectivity index (χ1) is 7.86. The van der Waals surface area contributed by atoms with Crippen LogP contribution < -0.4 is 5.32 Å². The van der Waals surface area contributed by atoms with Crippen LogP contribution in [0.25, 0.3) is 0 Å². The molecule has 92 valence electrons. The topological polar surface area (TPSA) is 12.0 Å². The molecule has 16 heavy (non-hydrogen) atoms. The molecule has 0 fully saturated rings. The highest BCUT2D eigenvalue weighted by Gasteiger charge is 2.06. The molecule has 2 heteroatoms. The molecule has 0 radical (unpaired) electrons. The number of likely N-dealkylation sites (N-methyl/N-ethyl adjacent to an activating group) is 1. The highest BCUT2D eigenvalue weighted by Crippen LogP contribution is 2.13. The zero-order valence-corrected chi connectivity index (χ0v) is 11.5. The van der Waals surface area contributed by atoms with E-state index in [4.69, 9.17) is 0 Å². The van der Waals surface area contributed by atoms with Crippen molar-refractivity contribution in [3.8, 4) is 0 Å². The number of nitrogens with one attached hydrogen (secondary N) is 1. The minimum Gasteiger partial charge on any atom is -0.317 e. The lowest BCUT2D eigenvalue weighted by Crippen LogP contribution is -2.27. The lowest BCUT2D eigenvalue weighted by Gasteiger charge is -2.15. The van der Waals surface area contributed by atoms with Crippen molar-refractivity contribution in [3.05, 3.63) is 22.4 Å². The van der Waals surface area contributed by atoms with E-state index in [-0.39, 0.29) is 0 Å². The molecule has 1 N–H and O–H groups in total. The van der Waals surface area contributed by atoms with Gasteiger partial charge in [0.25, 0.3) is 0 Å². The van der Waals surface area contributed by atoms with Crippen LogP contribution in [-0.4, -0.2) is 13.1 Å². The number of thiophene rings is 1. The maximum Gasteiger partial charge on any atom is 0.0105 e. The Bertz CT molecular complexity index is 243. The predicted octanol–water partition coefficient (Wildman–Crippen LogP) is 4.24. The fraction of sp³-hybridized carbons (Fsp3) is 0.714. The number of hydrogen-bond acceptors (Lipinski definition) is 2. The predicted molar refractivity (Wildman–Crippen MR) is 74.2 cm³/mol. The smallest absolute Gasteiger partial charge is 0.0105 e. The van der Waals surface area contributed by atoms with Gasteiger partial charge in [0.05, 0.1) is 0 Å². The molecule has 0 aliphatic heterocycles. The molecule has 1 heterocycles. The Morgan fingerprint density at radius 1 is 1.25 bits per heavy atom. The molecule has 0 bridgehead atoms. The quantitative estimate of drug-likeness (QED) is 0.636. The minimum atomic E-state index is 0.663. The molecule has 1 unspecified atom stereocenters. The van der Waals surface area contributed by atoms with Crippen LogP contribution in [0.3, 0.4) is 0 Å². The van der Waals surface area contributed by atoms with Crippen molar-refractivity contribution in [2.45, 2.75) is 57.9 Å². The van der Waals surface area contributed by atoms with Crippen LogP contribution in [0.4, 0.5) is 0 Å². The monoisotopic (exact) mass is 239 g/mol. The first kappa shape index (κ1) is 13.7. The summed E-state index contributed by atoms with van der Waals surface area (Å²) >= 11 is 1.80. The van der Waals surface area contributed by atoms with E-state index in [0.717, 1.165) is 0 Å². The third kappa shape index (κ3) is 5.66. The molecule has 1 rings (SSSR count). The normalized spacial score (nSPS) is 12.9. The fourth-order valence-corrected chi connectivity index (χ4v) is 2.72. The molecule has 0 amide bonds. The first-order valence-corrected chi connectivity index (χ1v) is 7.49. The van der Waals surface area contributed by atoms with Gasteiger partial charge in [-0.2, -0.15) is 11.3 Å². The van der Waals surface area contributed by atoms with Gasteiger partial charge in [-0.1, -0.05) is 39.0 Å². The van der Waals surface area contributed by atoms with Crippen molar-refractivity contribution < 1.29 is 0 Å². The van der Waals surface area contributed by atoms with Gasteiger partial charge in [-0.15, -0.1) is 0 Å². The first-order valence-electron chi connectivity index (χ1n) is 6.55. The van der Waals surface area contributed by atoms with E-state index in [9.17, 15) is 0 Å². The van der Waals surface area contributed by atoms with Crippen molar-refractivity contribution in [2.24, 2.45) is 0 Å². The SMILES string of the molecule is CCCCCCCC(Cc1ccsc1)NC. The van der Waals surface area contributed by atoms with Crippen molar-refractivity contribution in [3.63, 3.8) is 0 Å². The zero-order valence-electron chi connectivity index (χ0n) is 10.7. The van der Waals surface area contributed by atoms with E-state index in [1.165, 1.54) is 50.5 Å². The van der Waals surface area contributed by atoms with Crippen LogP contribution in [-0.2, 0) is 6.42 Å². The van der Waals surface area contributed by atoms with Crippen LogP contribution in [0, 0.1) is 0 Å². The van der Waals surface area contributed by atoms with Crippen molar-refractivity contribution in [1.82, 2.24) is 5.32 Å². The van der Waals surface area contributed by atoms with Crippen LogP contribution in [0.1, 0.15) is 51.0 Å². The second-order valence-corrected chi connectivity index (χ2v) is 5.30. The van der Waals surface area contributed by atoms with Gasteiger partial charge >= 0.3 is 0 Å². The van der Waals surface area contributed by atoms with Gasteiger partial charge in [-0.05, 0) is 42.3 Å². The summed E-state index contributed by atoms with van der Waals surface area (Å²) in [6.45, 7) is 2.27. The van der Waals surface area contributed by atoms with Gasteiger partial charge in [0, 0.05) is 6.04 Å². The maximum absolute atomic E-state index is 3.44. The lowest BCUT2D eigenvalue weighted by atomic mass is 10.0. The number of rotatable bonds is 9. The largest absolute Gasteiger partial charge is 0.317 e. The summed E-state index contributed by atoms with van der Waals surface area (Å²) in [4.78, 5) is 0. The number of unbranched alkanes of at least 4 members (excludes halogenated alkanes) is 4. The molecular formula is C14H25NS. The van der Waals surface area contributed by atoms with Crippen LogP contribution in [0.2, 0.25) is 0 Å². The summed E-state index contributed by atoms with van der Waals surface area (Å²) < 4.78 is 0. The molecule has 0 spiro atoms. The number of hydrogen-bond donors (Lipinski definition) is 1. The second kappa shape index (κ2) is 8.77. The van der Waals surface area contributed by atoms with E-state index in [2.05, 4.69) is 36.1 Å². The average Bonchev–Trinajstić information content (AvgIpc) is 2.80. The van der Waals surface area contributed by atoms with Gasteiger partial charge in [-0.25, -0.2) is 0 Å². The zero-order chi connectivity index (χ0) is 11.6. The Labute approximate surface area is 104 Å². The highest BCUT2D eigenvalue weighted by molar-refractivity contribution is 7.07.